The monoisotopic (exact) mass is 410 g/mol. The fraction of sp³-hybridized carbons (Fsp3) is 0.304. The quantitative estimate of drug-likeness (QED) is 0.484. The van der Waals surface area contributed by atoms with E-state index in [1.54, 1.807) is 48.5 Å². The standard InChI is InChI=1S/C23H26N2O5/c1-4-5-21(27)25-20-12-8-18(9-13-20)23(29)15(2)30-22(28)14-17-6-10-19(11-7-17)24-16(3)26/h6-13,15H,4-5,14H2,1-3H3,(H,24,26)(H,25,27)/t15-/m0/s1. The van der Waals surface area contributed by atoms with Gasteiger partial charge in [-0.15, -0.1) is 0 Å². The van der Waals surface area contributed by atoms with E-state index in [0.29, 0.717) is 28.9 Å². The van der Waals surface area contributed by atoms with Crippen molar-refractivity contribution in [2.24, 2.45) is 0 Å². The Morgan fingerprint density at radius 3 is 2.03 bits per heavy atom. The molecule has 0 aliphatic carbocycles. The normalized spacial score (nSPS) is 11.3. The summed E-state index contributed by atoms with van der Waals surface area (Å²) in [6.07, 6.45) is 0.269. The van der Waals surface area contributed by atoms with Crippen LogP contribution in [-0.4, -0.2) is 29.7 Å². The van der Waals surface area contributed by atoms with Crippen molar-refractivity contribution in [2.45, 2.75) is 46.1 Å². The fourth-order valence-electron chi connectivity index (χ4n) is 2.77. The SMILES string of the molecule is CCCC(=O)Nc1ccc(C(=O)[C@H](C)OC(=O)Cc2ccc(NC(C)=O)cc2)cc1. The number of ketones is 1. The molecule has 0 bridgehead atoms. The molecule has 1 atom stereocenters. The number of rotatable bonds is 9. The van der Waals surface area contributed by atoms with Gasteiger partial charge in [-0.3, -0.25) is 19.2 Å². The number of hydrogen-bond donors (Lipinski definition) is 2. The summed E-state index contributed by atoms with van der Waals surface area (Å²) >= 11 is 0. The molecule has 7 nitrogen and oxygen atoms in total. The molecule has 0 aliphatic heterocycles. The van der Waals surface area contributed by atoms with Gasteiger partial charge < -0.3 is 15.4 Å². The first-order valence-electron chi connectivity index (χ1n) is 9.78. The highest BCUT2D eigenvalue weighted by atomic mass is 16.5. The Bertz CT molecular complexity index is 904. The van der Waals surface area contributed by atoms with Crippen LogP contribution in [0.15, 0.2) is 48.5 Å². The second-order valence-corrected chi connectivity index (χ2v) is 6.93. The summed E-state index contributed by atoms with van der Waals surface area (Å²) in [6, 6.07) is 13.3. The molecule has 30 heavy (non-hydrogen) atoms. The Hall–Kier alpha value is -3.48. The minimum atomic E-state index is -0.934. The van der Waals surface area contributed by atoms with Crippen molar-refractivity contribution >= 4 is 34.9 Å². The third-order valence-corrected chi connectivity index (χ3v) is 4.23. The molecule has 2 aromatic rings. The van der Waals surface area contributed by atoms with Crippen molar-refractivity contribution in [3.8, 4) is 0 Å². The highest BCUT2D eigenvalue weighted by molar-refractivity contribution is 6.01. The van der Waals surface area contributed by atoms with Gasteiger partial charge in [0.15, 0.2) is 6.10 Å². The maximum Gasteiger partial charge on any atom is 0.310 e. The van der Waals surface area contributed by atoms with Crippen LogP contribution < -0.4 is 10.6 Å². The second-order valence-electron chi connectivity index (χ2n) is 6.93. The van der Waals surface area contributed by atoms with Crippen molar-refractivity contribution in [3.63, 3.8) is 0 Å². The van der Waals surface area contributed by atoms with E-state index in [4.69, 9.17) is 4.74 Å². The van der Waals surface area contributed by atoms with E-state index in [9.17, 15) is 19.2 Å². The van der Waals surface area contributed by atoms with Gasteiger partial charge in [-0.05, 0) is 55.3 Å². The Kier molecular flexibility index (Phi) is 8.29. The zero-order valence-electron chi connectivity index (χ0n) is 17.4. The average Bonchev–Trinajstić information content (AvgIpc) is 2.69. The number of amides is 2. The minimum Gasteiger partial charge on any atom is -0.454 e. The average molecular weight is 410 g/mol. The van der Waals surface area contributed by atoms with Gasteiger partial charge in [0.05, 0.1) is 6.42 Å². The summed E-state index contributed by atoms with van der Waals surface area (Å²) in [7, 11) is 0. The predicted molar refractivity (Wildman–Crippen MR) is 114 cm³/mol. The molecule has 0 fully saturated rings. The maximum absolute atomic E-state index is 12.5. The molecule has 158 valence electrons. The highest BCUT2D eigenvalue weighted by Crippen LogP contribution is 2.14. The molecule has 0 spiro atoms. The molecule has 0 saturated heterocycles. The molecule has 2 aromatic carbocycles. The van der Waals surface area contributed by atoms with Crippen molar-refractivity contribution in [3.05, 3.63) is 59.7 Å². The molecule has 0 saturated carbocycles. The molecule has 2 amide bonds. The molecular formula is C23H26N2O5. The van der Waals surface area contributed by atoms with E-state index in [1.807, 2.05) is 6.92 Å². The van der Waals surface area contributed by atoms with E-state index in [1.165, 1.54) is 13.8 Å². The van der Waals surface area contributed by atoms with Crippen LogP contribution in [0.3, 0.4) is 0 Å². The molecule has 0 aromatic heterocycles. The lowest BCUT2D eigenvalue weighted by Gasteiger charge is -2.13. The van der Waals surface area contributed by atoms with Crippen molar-refractivity contribution < 1.29 is 23.9 Å². The summed E-state index contributed by atoms with van der Waals surface area (Å²) < 4.78 is 5.26. The smallest absolute Gasteiger partial charge is 0.310 e. The van der Waals surface area contributed by atoms with Crippen LogP contribution in [0.5, 0.6) is 0 Å². The third kappa shape index (κ3) is 7.16. The first-order valence-corrected chi connectivity index (χ1v) is 9.78. The van der Waals surface area contributed by atoms with Crippen LogP contribution in [0.1, 0.15) is 49.5 Å². The number of Topliss-reactive ketones (excluding diaryl/α,β-unsaturated/α-hetero) is 1. The van der Waals surface area contributed by atoms with Crippen LogP contribution in [0.4, 0.5) is 11.4 Å². The van der Waals surface area contributed by atoms with E-state index in [-0.39, 0.29) is 24.0 Å². The maximum atomic E-state index is 12.5. The fourth-order valence-corrected chi connectivity index (χ4v) is 2.77. The van der Waals surface area contributed by atoms with E-state index >= 15 is 0 Å². The predicted octanol–water partition coefficient (Wildman–Crippen LogP) is 3.74. The van der Waals surface area contributed by atoms with Gasteiger partial charge in [-0.2, -0.15) is 0 Å². The van der Waals surface area contributed by atoms with Crippen molar-refractivity contribution in [2.75, 3.05) is 10.6 Å². The first-order chi connectivity index (χ1) is 14.3. The van der Waals surface area contributed by atoms with E-state index in [0.717, 1.165) is 6.42 Å². The van der Waals surface area contributed by atoms with Gasteiger partial charge in [0, 0.05) is 30.3 Å². The molecule has 2 N–H and O–H groups in total. The number of nitrogens with one attached hydrogen (secondary N) is 2. The Labute approximate surface area is 175 Å². The van der Waals surface area contributed by atoms with Crippen LogP contribution in [0.2, 0.25) is 0 Å². The number of hydrogen-bond acceptors (Lipinski definition) is 5. The molecule has 0 heterocycles. The zero-order valence-corrected chi connectivity index (χ0v) is 17.4. The number of ether oxygens (including phenoxy) is 1. The van der Waals surface area contributed by atoms with Crippen LogP contribution in [-0.2, 0) is 25.5 Å². The Balaban J connectivity index is 1.89. The van der Waals surface area contributed by atoms with E-state index in [2.05, 4.69) is 10.6 Å². The molecule has 7 heteroatoms. The molecule has 0 unspecified atom stereocenters. The lowest BCUT2D eigenvalue weighted by molar-refractivity contribution is -0.145. The van der Waals surface area contributed by atoms with Gasteiger partial charge >= 0.3 is 5.97 Å². The molecule has 0 radical (unpaired) electrons. The van der Waals surface area contributed by atoms with Crippen molar-refractivity contribution in [1.82, 2.24) is 0 Å². The summed E-state index contributed by atoms with van der Waals surface area (Å²) in [6.45, 7) is 4.86. The largest absolute Gasteiger partial charge is 0.454 e. The number of esters is 1. The second kappa shape index (κ2) is 10.9. The Morgan fingerprint density at radius 2 is 1.47 bits per heavy atom. The first kappa shape index (κ1) is 22.8. The molecule has 0 aliphatic rings. The summed E-state index contributed by atoms with van der Waals surface area (Å²) in [5, 5.41) is 5.40. The van der Waals surface area contributed by atoms with Gasteiger partial charge in [0.1, 0.15) is 0 Å². The van der Waals surface area contributed by atoms with Crippen molar-refractivity contribution in [1.29, 1.82) is 0 Å². The molecule has 2 rings (SSSR count). The van der Waals surface area contributed by atoms with Gasteiger partial charge in [-0.1, -0.05) is 19.1 Å². The topological polar surface area (TPSA) is 102 Å². The van der Waals surface area contributed by atoms with Crippen LogP contribution in [0.25, 0.3) is 0 Å². The Morgan fingerprint density at radius 1 is 0.900 bits per heavy atom. The number of anilines is 2. The number of carbonyl (C=O) groups is 4. The van der Waals surface area contributed by atoms with Gasteiger partial charge in [-0.25, -0.2) is 0 Å². The third-order valence-electron chi connectivity index (χ3n) is 4.23. The minimum absolute atomic E-state index is 0.0143. The van der Waals surface area contributed by atoms with Gasteiger partial charge in [0.2, 0.25) is 17.6 Å². The zero-order chi connectivity index (χ0) is 22.1. The summed E-state index contributed by atoms with van der Waals surface area (Å²) in [5.74, 6) is -1.10. The van der Waals surface area contributed by atoms with Gasteiger partial charge in [0.25, 0.3) is 0 Å². The van der Waals surface area contributed by atoms with E-state index < -0.39 is 12.1 Å². The summed E-state index contributed by atoms with van der Waals surface area (Å²) in [5.41, 5.74) is 2.35. The number of carbonyl (C=O) groups excluding carboxylic acids is 4. The molecular weight excluding hydrogens is 384 g/mol. The lowest BCUT2D eigenvalue weighted by atomic mass is 10.1. The number of benzene rings is 2. The highest BCUT2D eigenvalue weighted by Gasteiger charge is 2.20. The van der Waals surface area contributed by atoms with Crippen LogP contribution in [0, 0.1) is 0 Å². The lowest BCUT2D eigenvalue weighted by Crippen LogP contribution is -2.25. The van der Waals surface area contributed by atoms with Crippen LogP contribution >= 0.6 is 0 Å². The summed E-state index contributed by atoms with van der Waals surface area (Å²) in [4.78, 5) is 47.3.